The number of anilines is 1. The number of nitrogens with one attached hydrogen (secondary N) is 1. The Morgan fingerprint density at radius 2 is 1.71 bits per heavy atom. The fraction of sp³-hybridized carbons (Fsp3) is 0.167. The standard InChI is InChI=1S/C24H20N4O2S/c1-15(29)22-20(16-8-4-2-5-9-16)26-24(31-22)27-23(30)19-14-25-28(21(19)17-12-13-17)18-10-6-3-7-11-18/h2-11,14,17H,12-13H2,1H3,(H,26,27,30). The van der Waals surface area contributed by atoms with Gasteiger partial charge in [0.15, 0.2) is 10.9 Å². The van der Waals surface area contributed by atoms with E-state index >= 15 is 0 Å². The van der Waals surface area contributed by atoms with E-state index < -0.39 is 0 Å². The van der Waals surface area contributed by atoms with Crippen molar-refractivity contribution in [2.75, 3.05) is 5.32 Å². The summed E-state index contributed by atoms with van der Waals surface area (Å²) in [6.07, 6.45) is 3.71. The van der Waals surface area contributed by atoms with Gasteiger partial charge < -0.3 is 0 Å². The van der Waals surface area contributed by atoms with Gasteiger partial charge in [-0.15, -0.1) is 0 Å². The van der Waals surface area contributed by atoms with Crippen molar-refractivity contribution in [1.82, 2.24) is 14.8 Å². The smallest absolute Gasteiger partial charge is 0.260 e. The Kier molecular flexibility index (Phi) is 4.95. The zero-order chi connectivity index (χ0) is 21.4. The Balaban J connectivity index is 1.48. The van der Waals surface area contributed by atoms with Crippen molar-refractivity contribution in [3.05, 3.63) is 83.0 Å². The number of rotatable bonds is 6. The van der Waals surface area contributed by atoms with Crippen LogP contribution in [0.15, 0.2) is 66.9 Å². The van der Waals surface area contributed by atoms with E-state index in [1.54, 1.807) is 6.20 Å². The highest BCUT2D eigenvalue weighted by molar-refractivity contribution is 7.18. The van der Waals surface area contributed by atoms with Gasteiger partial charge in [-0.25, -0.2) is 9.67 Å². The van der Waals surface area contributed by atoms with Gasteiger partial charge in [0.25, 0.3) is 5.91 Å². The molecule has 0 unspecified atom stereocenters. The fourth-order valence-corrected chi connectivity index (χ4v) is 4.50. The molecular weight excluding hydrogens is 408 g/mol. The molecule has 0 aliphatic heterocycles. The van der Waals surface area contributed by atoms with Gasteiger partial charge in [-0.3, -0.25) is 14.9 Å². The van der Waals surface area contributed by atoms with E-state index in [2.05, 4.69) is 15.4 Å². The maximum atomic E-state index is 13.2. The molecule has 1 N–H and O–H groups in total. The van der Waals surface area contributed by atoms with E-state index in [1.165, 1.54) is 18.3 Å². The average Bonchev–Trinajstić information content (AvgIpc) is 3.38. The molecule has 31 heavy (non-hydrogen) atoms. The van der Waals surface area contributed by atoms with Gasteiger partial charge in [0.2, 0.25) is 0 Å². The van der Waals surface area contributed by atoms with E-state index in [4.69, 9.17) is 0 Å². The minimum absolute atomic E-state index is 0.0765. The number of Topliss-reactive ketones (excluding diaryl/α,β-unsaturated/α-hetero) is 1. The number of nitrogens with zero attached hydrogens (tertiary/aromatic N) is 3. The number of carbonyl (C=O) groups excluding carboxylic acids is 2. The van der Waals surface area contributed by atoms with E-state index in [0.29, 0.717) is 27.2 Å². The van der Waals surface area contributed by atoms with Gasteiger partial charge >= 0.3 is 0 Å². The Morgan fingerprint density at radius 1 is 1.03 bits per heavy atom. The summed E-state index contributed by atoms with van der Waals surface area (Å²) in [5.74, 6) is -0.00706. The van der Waals surface area contributed by atoms with E-state index in [0.717, 1.165) is 29.8 Å². The molecule has 0 bridgehead atoms. The highest BCUT2D eigenvalue weighted by atomic mass is 32.1. The molecule has 2 aromatic carbocycles. The van der Waals surface area contributed by atoms with Crippen LogP contribution in [-0.2, 0) is 0 Å². The first-order chi connectivity index (χ1) is 15.1. The number of hydrogen-bond acceptors (Lipinski definition) is 5. The molecule has 1 saturated carbocycles. The zero-order valence-electron chi connectivity index (χ0n) is 16.9. The number of carbonyl (C=O) groups is 2. The van der Waals surface area contributed by atoms with Crippen LogP contribution in [0, 0.1) is 0 Å². The van der Waals surface area contributed by atoms with Crippen molar-refractivity contribution < 1.29 is 9.59 Å². The van der Waals surface area contributed by atoms with Crippen LogP contribution < -0.4 is 5.32 Å². The molecule has 2 aromatic heterocycles. The van der Waals surface area contributed by atoms with E-state index in [9.17, 15) is 9.59 Å². The molecule has 5 rings (SSSR count). The largest absolute Gasteiger partial charge is 0.298 e. The van der Waals surface area contributed by atoms with Crippen LogP contribution in [0.1, 0.15) is 51.4 Å². The number of aromatic nitrogens is 3. The number of amides is 1. The van der Waals surface area contributed by atoms with Gasteiger partial charge in [0.05, 0.1) is 33.7 Å². The fourth-order valence-electron chi connectivity index (χ4n) is 3.63. The molecule has 7 heteroatoms. The predicted octanol–water partition coefficient (Wildman–Crippen LogP) is 5.33. The molecule has 2 heterocycles. The maximum Gasteiger partial charge on any atom is 0.260 e. The second kappa shape index (κ2) is 7.92. The first-order valence-electron chi connectivity index (χ1n) is 10.1. The highest BCUT2D eigenvalue weighted by Gasteiger charge is 2.33. The van der Waals surface area contributed by atoms with Crippen molar-refractivity contribution in [1.29, 1.82) is 0 Å². The quantitative estimate of drug-likeness (QED) is 0.421. The summed E-state index contributed by atoms with van der Waals surface area (Å²) in [5.41, 5.74) is 3.85. The molecule has 0 radical (unpaired) electrons. The van der Waals surface area contributed by atoms with Crippen LogP contribution in [-0.4, -0.2) is 26.5 Å². The lowest BCUT2D eigenvalue weighted by Crippen LogP contribution is -2.14. The average molecular weight is 429 g/mol. The molecule has 4 aromatic rings. The van der Waals surface area contributed by atoms with Crippen molar-refractivity contribution in [2.24, 2.45) is 0 Å². The summed E-state index contributed by atoms with van der Waals surface area (Å²) >= 11 is 1.20. The number of para-hydroxylation sites is 1. The molecule has 154 valence electrons. The summed E-state index contributed by atoms with van der Waals surface area (Å²) in [6.45, 7) is 1.51. The van der Waals surface area contributed by atoms with Crippen LogP contribution in [0.5, 0.6) is 0 Å². The van der Waals surface area contributed by atoms with Gasteiger partial charge in [0.1, 0.15) is 0 Å². The van der Waals surface area contributed by atoms with Crippen molar-refractivity contribution >= 4 is 28.2 Å². The molecule has 6 nitrogen and oxygen atoms in total. The van der Waals surface area contributed by atoms with Gasteiger partial charge in [-0.2, -0.15) is 5.10 Å². The van der Waals surface area contributed by atoms with Gasteiger partial charge in [-0.05, 0) is 25.0 Å². The summed E-state index contributed by atoms with van der Waals surface area (Å²) in [5, 5.41) is 7.79. The maximum absolute atomic E-state index is 13.2. The first-order valence-corrected chi connectivity index (χ1v) is 11.0. The second-order valence-corrected chi connectivity index (χ2v) is 8.54. The molecule has 0 atom stereocenters. The lowest BCUT2D eigenvalue weighted by molar-refractivity contribution is 0.101. The zero-order valence-corrected chi connectivity index (χ0v) is 17.7. The summed E-state index contributed by atoms with van der Waals surface area (Å²) in [7, 11) is 0. The van der Waals surface area contributed by atoms with Gasteiger partial charge in [0, 0.05) is 18.4 Å². The second-order valence-electron chi connectivity index (χ2n) is 7.54. The lowest BCUT2D eigenvalue weighted by Gasteiger charge is -2.08. The third-order valence-electron chi connectivity index (χ3n) is 5.23. The van der Waals surface area contributed by atoms with Crippen LogP contribution in [0.25, 0.3) is 16.9 Å². The number of ketones is 1. The SMILES string of the molecule is CC(=O)c1sc(NC(=O)c2cnn(-c3ccccc3)c2C2CC2)nc1-c1ccccc1. The summed E-state index contributed by atoms with van der Waals surface area (Å²) < 4.78 is 1.85. The van der Waals surface area contributed by atoms with Crippen LogP contribution >= 0.6 is 11.3 Å². The third-order valence-corrected chi connectivity index (χ3v) is 6.30. The molecule has 0 saturated heterocycles. The normalized spacial score (nSPS) is 13.2. The summed E-state index contributed by atoms with van der Waals surface area (Å²) in [6, 6.07) is 19.3. The Hall–Kier alpha value is -3.58. The molecular formula is C24H20N4O2S. The number of benzene rings is 2. The third kappa shape index (κ3) is 3.80. The number of hydrogen-bond donors (Lipinski definition) is 1. The molecule has 1 aliphatic rings. The summed E-state index contributed by atoms with van der Waals surface area (Å²) in [4.78, 5) is 30.4. The van der Waals surface area contributed by atoms with Crippen molar-refractivity contribution in [3.63, 3.8) is 0 Å². The highest BCUT2D eigenvalue weighted by Crippen LogP contribution is 2.42. The number of thiazole rings is 1. The van der Waals surface area contributed by atoms with E-state index in [1.807, 2.05) is 65.3 Å². The topological polar surface area (TPSA) is 76.9 Å². The first kappa shape index (κ1) is 19.4. The minimum Gasteiger partial charge on any atom is -0.298 e. The molecule has 1 fully saturated rings. The molecule has 0 spiro atoms. The van der Waals surface area contributed by atoms with Crippen molar-refractivity contribution in [3.8, 4) is 16.9 Å². The van der Waals surface area contributed by atoms with Crippen LogP contribution in [0.4, 0.5) is 5.13 Å². The van der Waals surface area contributed by atoms with Crippen LogP contribution in [0.3, 0.4) is 0 Å². The Bertz CT molecular complexity index is 1260. The Morgan fingerprint density at radius 3 is 2.35 bits per heavy atom. The minimum atomic E-state index is -0.257. The van der Waals surface area contributed by atoms with Crippen LogP contribution in [0.2, 0.25) is 0 Å². The van der Waals surface area contributed by atoms with E-state index in [-0.39, 0.29) is 11.7 Å². The Labute approximate surface area is 183 Å². The lowest BCUT2D eigenvalue weighted by atomic mass is 10.1. The molecule has 1 amide bonds. The van der Waals surface area contributed by atoms with Gasteiger partial charge in [-0.1, -0.05) is 59.9 Å². The van der Waals surface area contributed by atoms with Crippen molar-refractivity contribution in [2.45, 2.75) is 25.7 Å². The molecule has 1 aliphatic carbocycles. The predicted molar refractivity (Wildman–Crippen MR) is 121 cm³/mol. The monoisotopic (exact) mass is 428 g/mol.